The number of aromatic nitrogens is 5. The van der Waals surface area contributed by atoms with Gasteiger partial charge in [-0.05, 0) is 79.8 Å². The summed E-state index contributed by atoms with van der Waals surface area (Å²) in [6, 6.07) is 5.66. The second kappa shape index (κ2) is 8.60. The third-order valence-electron chi connectivity index (χ3n) is 8.10. The lowest BCUT2D eigenvalue weighted by Crippen LogP contribution is -2.51. The van der Waals surface area contributed by atoms with Gasteiger partial charge in [0.05, 0.1) is 30.3 Å². The van der Waals surface area contributed by atoms with Crippen LogP contribution in [0.5, 0.6) is 0 Å². The maximum absolute atomic E-state index is 13.2. The summed E-state index contributed by atoms with van der Waals surface area (Å²) in [5, 5.41) is 8.10. The highest BCUT2D eigenvalue weighted by atomic mass is 16.5. The third-order valence-corrected chi connectivity index (χ3v) is 8.10. The van der Waals surface area contributed by atoms with Crippen molar-refractivity contribution in [3.63, 3.8) is 0 Å². The average molecular weight is 475 g/mol. The van der Waals surface area contributed by atoms with Crippen LogP contribution in [-0.4, -0.2) is 49.4 Å². The van der Waals surface area contributed by atoms with Gasteiger partial charge in [0.2, 0.25) is 0 Å². The normalized spacial score (nSPS) is 21.3. The topological polar surface area (TPSA) is 89.2 Å². The van der Waals surface area contributed by atoms with Gasteiger partial charge in [-0.2, -0.15) is 5.10 Å². The molecule has 6 rings (SSSR count). The van der Waals surface area contributed by atoms with E-state index in [0.717, 1.165) is 72.3 Å². The molecular weight excluding hydrogens is 440 g/mol. The largest absolute Gasteiger partial charge is 0.378 e. The summed E-state index contributed by atoms with van der Waals surface area (Å²) in [6.45, 7) is 10.3. The first kappa shape index (κ1) is 22.5. The highest BCUT2D eigenvalue weighted by Gasteiger charge is 2.29. The van der Waals surface area contributed by atoms with Crippen LogP contribution >= 0.6 is 0 Å². The Morgan fingerprint density at radius 1 is 1.06 bits per heavy atom. The third kappa shape index (κ3) is 3.79. The molecule has 1 saturated heterocycles. The van der Waals surface area contributed by atoms with E-state index in [-0.39, 0.29) is 11.7 Å². The Kier molecular flexibility index (Phi) is 5.53. The van der Waals surface area contributed by atoms with Crippen molar-refractivity contribution in [2.24, 2.45) is 0 Å². The Bertz CT molecular complexity index is 1450. The molecule has 8 heteroatoms. The molecule has 1 aliphatic carbocycles. The second-order valence-corrected chi connectivity index (χ2v) is 10.6. The molecule has 0 amide bonds. The molecule has 184 valence electrons. The van der Waals surface area contributed by atoms with Gasteiger partial charge in [-0.25, -0.2) is 14.3 Å². The van der Waals surface area contributed by atoms with Crippen LogP contribution in [0.15, 0.2) is 29.5 Å². The lowest BCUT2D eigenvalue weighted by atomic mass is 9.88. The van der Waals surface area contributed by atoms with Crippen molar-refractivity contribution in [1.29, 1.82) is 0 Å². The molecule has 35 heavy (non-hydrogen) atoms. The molecule has 2 N–H and O–H groups in total. The van der Waals surface area contributed by atoms with E-state index in [9.17, 15) is 4.79 Å². The Labute approximate surface area is 204 Å². The molecule has 2 aliphatic rings. The molecule has 1 aromatic carbocycles. The molecule has 1 aliphatic heterocycles. The van der Waals surface area contributed by atoms with Crippen LogP contribution in [0.25, 0.3) is 27.8 Å². The van der Waals surface area contributed by atoms with E-state index in [0.29, 0.717) is 18.0 Å². The van der Waals surface area contributed by atoms with E-state index >= 15 is 0 Å². The first-order valence-electron chi connectivity index (χ1n) is 12.8. The van der Waals surface area contributed by atoms with Crippen molar-refractivity contribution in [3.05, 3.63) is 51.8 Å². The lowest BCUT2D eigenvalue weighted by molar-refractivity contribution is -0.0125. The van der Waals surface area contributed by atoms with Crippen molar-refractivity contribution < 1.29 is 4.74 Å². The zero-order valence-electron chi connectivity index (χ0n) is 21.0. The second-order valence-electron chi connectivity index (χ2n) is 10.6. The van der Waals surface area contributed by atoms with E-state index in [1.54, 1.807) is 6.33 Å². The minimum atomic E-state index is -0.00436. The summed E-state index contributed by atoms with van der Waals surface area (Å²) < 4.78 is 9.17. The summed E-state index contributed by atoms with van der Waals surface area (Å²) in [7, 11) is 0. The fourth-order valence-electron chi connectivity index (χ4n) is 5.90. The van der Waals surface area contributed by atoms with Crippen molar-refractivity contribution in [2.45, 2.75) is 77.4 Å². The molecule has 4 aromatic rings. The van der Waals surface area contributed by atoms with Crippen molar-refractivity contribution in [3.8, 4) is 11.1 Å². The number of rotatable bonds is 5. The number of imidazole rings is 1. The van der Waals surface area contributed by atoms with Crippen molar-refractivity contribution >= 4 is 16.7 Å². The number of hydrogen-bond acceptors (Lipinski definition) is 5. The van der Waals surface area contributed by atoms with Gasteiger partial charge in [0.1, 0.15) is 6.33 Å². The van der Waals surface area contributed by atoms with Crippen LogP contribution in [0.1, 0.15) is 68.2 Å². The number of aryl methyl sites for hydroxylation is 1. The number of ether oxygens (including phenoxy) is 1. The molecule has 0 atom stereocenters. The van der Waals surface area contributed by atoms with Crippen LogP contribution in [-0.2, 0) is 4.74 Å². The Balaban J connectivity index is 1.39. The molecule has 0 spiro atoms. The number of hydrogen-bond donors (Lipinski definition) is 2. The van der Waals surface area contributed by atoms with Crippen LogP contribution in [0.4, 0.5) is 0 Å². The van der Waals surface area contributed by atoms with E-state index in [1.807, 2.05) is 9.08 Å². The number of nitrogens with one attached hydrogen (secondary N) is 2. The molecule has 4 heterocycles. The van der Waals surface area contributed by atoms with E-state index in [1.165, 1.54) is 11.1 Å². The molecule has 2 fully saturated rings. The molecular formula is C27H34N6O2. The summed E-state index contributed by atoms with van der Waals surface area (Å²) in [4.78, 5) is 20.8. The number of pyridine rings is 1. The maximum atomic E-state index is 13.2. The lowest BCUT2D eigenvalue weighted by Gasteiger charge is -2.35. The zero-order valence-corrected chi connectivity index (χ0v) is 21.0. The van der Waals surface area contributed by atoms with Gasteiger partial charge in [-0.15, -0.1) is 0 Å². The quantitative estimate of drug-likeness (QED) is 0.451. The van der Waals surface area contributed by atoms with Gasteiger partial charge in [0.15, 0.2) is 5.65 Å². The first-order chi connectivity index (χ1) is 16.9. The first-order valence-corrected chi connectivity index (χ1v) is 12.8. The molecule has 3 aromatic heterocycles. The predicted molar refractivity (Wildman–Crippen MR) is 137 cm³/mol. The molecule has 0 bridgehead atoms. The van der Waals surface area contributed by atoms with Gasteiger partial charge in [-0.3, -0.25) is 4.57 Å². The number of benzene rings is 1. The zero-order chi connectivity index (χ0) is 24.3. The molecule has 0 unspecified atom stereocenters. The minimum Gasteiger partial charge on any atom is -0.378 e. The Hall–Kier alpha value is -2.97. The van der Waals surface area contributed by atoms with Crippen molar-refractivity contribution in [1.82, 2.24) is 29.5 Å². The molecule has 8 nitrogen and oxygen atoms in total. The smallest absolute Gasteiger partial charge is 0.326 e. The Morgan fingerprint density at radius 3 is 2.51 bits per heavy atom. The van der Waals surface area contributed by atoms with Gasteiger partial charge in [-0.1, -0.05) is 13.8 Å². The summed E-state index contributed by atoms with van der Waals surface area (Å²) in [5.41, 5.74) is 8.63. The highest BCUT2D eigenvalue weighted by Crippen LogP contribution is 2.37. The summed E-state index contributed by atoms with van der Waals surface area (Å²) in [6.07, 6.45) is 7.86. The van der Waals surface area contributed by atoms with Crippen LogP contribution in [0.2, 0.25) is 0 Å². The number of H-pyrrole nitrogens is 1. The molecule has 1 saturated carbocycles. The van der Waals surface area contributed by atoms with Gasteiger partial charge >= 0.3 is 5.69 Å². The molecule has 0 radical (unpaired) electrons. The predicted octanol–water partition coefficient (Wildman–Crippen LogP) is 4.25. The fraction of sp³-hybridized carbons (Fsp3) is 0.519. The maximum Gasteiger partial charge on any atom is 0.326 e. The van der Waals surface area contributed by atoms with E-state index in [4.69, 9.17) is 4.74 Å². The fourth-order valence-corrected chi connectivity index (χ4v) is 5.90. The summed E-state index contributed by atoms with van der Waals surface area (Å²) >= 11 is 0. The minimum absolute atomic E-state index is 0.00436. The summed E-state index contributed by atoms with van der Waals surface area (Å²) in [5.74, 6) is 0.309. The van der Waals surface area contributed by atoms with E-state index < -0.39 is 0 Å². The van der Waals surface area contributed by atoms with Crippen LogP contribution in [0, 0.1) is 13.8 Å². The highest BCUT2D eigenvalue weighted by molar-refractivity contribution is 5.86. The van der Waals surface area contributed by atoms with Crippen molar-refractivity contribution in [2.75, 3.05) is 13.2 Å². The SMILES string of the molecule is Cc1c(-c2cc3[nH]c(=O)n([C@H]4CC[C@@H](NC5COC5)CC4)c3cc2C(C)C)cn2ncnc2c1C. The van der Waals surface area contributed by atoms with Gasteiger partial charge in [0.25, 0.3) is 0 Å². The van der Waals surface area contributed by atoms with Crippen LogP contribution in [0.3, 0.4) is 0 Å². The standard InChI is InChI=1S/C27H34N6O2/c1-15(2)21-10-25-24(9-22(21)23-11-32-26(28-14-29-32)17(4)16(23)3)31-27(34)33(25)20-7-5-18(6-8-20)30-19-12-35-13-19/h9-11,14-15,18-20,30H,5-8,12-13H2,1-4H3,(H,31,34)/t18-,20+. The van der Waals surface area contributed by atoms with E-state index in [2.05, 4.69) is 66.4 Å². The monoisotopic (exact) mass is 474 g/mol. The van der Waals surface area contributed by atoms with Crippen LogP contribution < -0.4 is 11.0 Å². The van der Waals surface area contributed by atoms with Gasteiger partial charge in [0, 0.05) is 23.8 Å². The number of aromatic amines is 1. The van der Waals surface area contributed by atoms with Gasteiger partial charge < -0.3 is 15.0 Å². The average Bonchev–Trinajstić information content (AvgIpc) is 3.41. The number of nitrogens with zero attached hydrogens (tertiary/aromatic N) is 4. The number of fused-ring (bicyclic) bond motifs is 2. The Morgan fingerprint density at radius 2 is 1.83 bits per heavy atom.